The number of rotatable bonds is 3. The van der Waals surface area contributed by atoms with Crippen molar-refractivity contribution in [1.82, 2.24) is 5.43 Å². The zero-order valence-electron chi connectivity index (χ0n) is 13.9. The van der Waals surface area contributed by atoms with E-state index in [2.05, 4.69) is 15.8 Å². The summed E-state index contributed by atoms with van der Waals surface area (Å²) in [5.41, 5.74) is 4.34. The van der Waals surface area contributed by atoms with Gasteiger partial charge in [-0.05, 0) is 36.8 Å². The van der Waals surface area contributed by atoms with Crippen LogP contribution in [0.5, 0.6) is 11.5 Å². The Morgan fingerprint density at radius 2 is 1.85 bits per heavy atom. The number of hydrogen-bond donors (Lipinski definition) is 2. The lowest BCUT2D eigenvalue weighted by Gasteiger charge is -2.19. The lowest BCUT2D eigenvalue weighted by Crippen LogP contribution is -2.32. The molecule has 0 unspecified atom stereocenters. The number of halogens is 1. The Kier molecular flexibility index (Phi) is 5.38. The van der Waals surface area contributed by atoms with E-state index in [1.165, 1.54) is 6.21 Å². The predicted octanol–water partition coefficient (Wildman–Crippen LogP) is 2.51. The standard InChI is InChI=1S/C18H16ClN3O4/c1-11-2-4-13(5-3-11)21-17(23)18(24)22-20-10-12-8-14(19)16-15(9-12)25-6-7-26-16/h2-5,8-10H,6-7H2,1H3,(H,21,23)(H,22,24)/b20-10-. The molecule has 2 amide bonds. The molecule has 2 aromatic carbocycles. The van der Waals surface area contributed by atoms with Crippen molar-refractivity contribution >= 4 is 35.3 Å². The molecule has 2 N–H and O–H groups in total. The van der Waals surface area contributed by atoms with Crippen LogP contribution in [-0.4, -0.2) is 31.2 Å². The van der Waals surface area contributed by atoms with E-state index in [4.69, 9.17) is 21.1 Å². The van der Waals surface area contributed by atoms with Gasteiger partial charge in [0.2, 0.25) is 0 Å². The Labute approximate surface area is 154 Å². The number of nitrogens with one attached hydrogen (secondary N) is 2. The van der Waals surface area contributed by atoms with E-state index in [0.717, 1.165) is 5.56 Å². The van der Waals surface area contributed by atoms with Crippen LogP contribution < -0.4 is 20.2 Å². The highest BCUT2D eigenvalue weighted by Gasteiger charge is 2.16. The summed E-state index contributed by atoms with van der Waals surface area (Å²) in [7, 11) is 0. The number of aryl methyl sites for hydroxylation is 1. The molecule has 2 aromatic rings. The Balaban J connectivity index is 1.59. The van der Waals surface area contributed by atoms with Crippen LogP contribution in [0, 0.1) is 6.92 Å². The number of anilines is 1. The number of ether oxygens (including phenoxy) is 2. The van der Waals surface area contributed by atoms with E-state index in [-0.39, 0.29) is 0 Å². The van der Waals surface area contributed by atoms with Gasteiger partial charge in [0.25, 0.3) is 0 Å². The summed E-state index contributed by atoms with van der Waals surface area (Å²) in [6.07, 6.45) is 1.36. The zero-order valence-corrected chi connectivity index (χ0v) is 14.7. The molecule has 26 heavy (non-hydrogen) atoms. The van der Waals surface area contributed by atoms with Crippen LogP contribution in [0.25, 0.3) is 0 Å². The lowest BCUT2D eigenvalue weighted by atomic mass is 10.2. The molecule has 1 aliphatic heterocycles. The van der Waals surface area contributed by atoms with E-state index in [9.17, 15) is 9.59 Å². The van der Waals surface area contributed by atoms with Crippen molar-refractivity contribution in [2.45, 2.75) is 6.92 Å². The second kappa shape index (κ2) is 7.88. The normalized spacial score (nSPS) is 12.7. The van der Waals surface area contributed by atoms with Crippen LogP contribution in [0.1, 0.15) is 11.1 Å². The number of fused-ring (bicyclic) bond motifs is 1. The summed E-state index contributed by atoms with van der Waals surface area (Å²) in [5, 5.41) is 6.63. The molecule has 0 bridgehead atoms. The number of benzene rings is 2. The maximum absolute atomic E-state index is 11.8. The molecule has 134 valence electrons. The van der Waals surface area contributed by atoms with Gasteiger partial charge in [-0.3, -0.25) is 9.59 Å². The Bertz CT molecular complexity index is 865. The van der Waals surface area contributed by atoms with Gasteiger partial charge < -0.3 is 14.8 Å². The van der Waals surface area contributed by atoms with Gasteiger partial charge in [0.05, 0.1) is 11.2 Å². The fraction of sp³-hybridized carbons (Fsp3) is 0.167. The van der Waals surface area contributed by atoms with E-state index < -0.39 is 11.8 Å². The number of carbonyl (C=O) groups is 2. The summed E-state index contributed by atoms with van der Waals surface area (Å²) in [6, 6.07) is 10.4. The molecule has 0 saturated carbocycles. The molecule has 0 spiro atoms. The third kappa shape index (κ3) is 4.31. The molecule has 0 aromatic heterocycles. The van der Waals surface area contributed by atoms with Gasteiger partial charge in [-0.15, -0.1) is 0 Å². The van der Waals surface area contributed by atoms with Gasteiger partial charge in [-0.2, -0.15) is 5.10 Å². The fourth-order valence-electron chi connectivity index (χ4n) is 2.25. The van der Waals surface area contributed by atoms with Crippen molar-refractivity contribution in [3.05, 3.63) is 52.5 Å². The summed E-state index contributed by atoms with van der Waals surface area (Å²) in [4.78, 5) is 23.6. The third-order valence-electron chi connectivity index (χ3n) is 3.51. The van der Waals surface area contributed by atoms with Gasteiger partial charge in [0, 0.05) is 5.69 Å². The minimum atomic E-state index is -0.884. The van der Waals surface area contributed by atoms with Crippen molar-refractivity contribution in [3.8, 4) is 11.5 Å². The topological polar surface area (TPSA) is 89.0 Å². The monoisotopic (exact) mass is 373 g/mol. The number of carbonyl (C=O) groups excluding carboxylic acids is 2. The molecule has 1 heterocycles. The van der Waals surface area contributed by atoms with Crippen molar-refractivity contribution in [1.29, 1.82) is 0 Å². The number of nitrogens with zero attached hydrogens (tertiary/aromatic N) is 1. The van der Waals surface area contributed by atoms with Crippen molar-refractivity contribution in [2.24, 2.45) is 5.10 Å². The van der Waals surface area contributed by atoms with E-state index in [0.29, 0.717) is 41.0 Å². The quantitative estimate of drug-likeness (QED) is 0.491. The summed E-state index contributed by atoms with van der Waals surface area (Å²) >= 11 is 6.12. The van der Waals surface area contributed by atoms with E-state index in [1.54, 1.807) is 24.3 Å². The average molecular weight is 374 g/mol. The average Bonchev–Trinajstić information content (AvgIpc) is 2.63. The highest BCUT2D eigenvalue weighted by atomic mass is 35.5. The fourth-order valence-corrected chi connectivity index (χ4v) is 2.52. The van der Waals surface area contributed by atoms with Gasteiger partial charge in [0.1, 0.15) is 13.2 Å². The first-order chi connectivity index (χ1) is 12.5. The number of hydrogen-bond acceptors (Lipinski definition) is 5. The molecule has 3 rings (SSSR count). The van der Waals surface area contributed by atoms with Crippen LogP contribution in [0.3, 0.4) is 0 Å². The van der Waals surface area contributed by atoms with Gasteiger partial charge in [0.15, 0.2) is 11.5 Å². The summed E-state index contributed by atoms with van der Waals surface area (Å²) in [6.45, 7) is 2.79. The predicted molar refractivity (Wildman–Crippen MR) is 98.0 cm³/mol. The molecule has 1 aliphatic rings. The minimum absolute atomic E-state index is 0.382. The molecule has 0 saturated heterocycles. The van der Waals surface area contributed by atoms with Crippen LogP contribution in [0.2, 0.25) is 5.02 Å². The zero-order chi connectivity index (χ0) is 18.5. The van der Waals surface area contributed by atoms with Crippen molar-refractivity contribution < 1.29 is 19.1 Å². The molecule has 0 fully saturated rings. The second-order valence-electron chi connectivity index (χ2n) is 5.55. The van der Waals surface area contributed by atoms with Crippen LogP contribution in [0.4, 0.5) is 5.69 Å². The van der Waals surface area contributed by atoms with Crippen molar-refractivity contribution in [2.75, 3.05) is 18.5 Å². The van der Waals surface area contributed by atoms with Gasteiger partial charge in [-0.1, -0.05) is 29.3 Å². The highest BCUT2D eigenvalue weighted by molar-refractivity contribution is 6.39. The minimum Gasteiger partial charge on any atom is -0.486 e. The molecule has 7 nitrogen and oxygen atoms in total. The van der Waals surface area contributed by atoms with E-state index >= 15 is 0 Å². The van der Waals surface area contributed by atoms with Crippen LogP contribution >= 0.6 is 11.6 Å². The Morgan fingerprint density at radius 3 is 2.62 bits per heavy atom. The number of hydrazone groups is 1. The van der Waals surface area contributed by atoms with Crippen LogP contribution in [-0.2, 0) is 9.59 Å². The summed E-state index contributed by atoms with van der Waals surface area (Å²) in [5.74, 6) is -0.707. The maximum Gasteiger partial charge on any atom is 0.329 e. The first-order valence-corrected chi connectivity index (χ1v) is 8.21. The SMILES string of the molecule is Cc1ccc(NC(=O)C(=O)N/N=C\c2cc(Cl)c3c(c2)OCCO3)cc1. The van der Waals surface area contributed by atoms with Crippen molar-refractivity contribution in [3.63, 3.8) is 0 Å². The molecular formula is C18H16ClN3O4. The Morgan fingerprint density at radius 1 is 1.12 bits per heavy atom. The molecule has 0 radical (unpaired) electrons. The molecule has 0 aliphatic carbocycles. The Hall–Kier alpha value is -3.06. The highest BCUT2D eigenvalue weighted by Crippen LogP contribution is 2.37. The number of amides is 2. The van der Waals surface area contributed by atoms with Gasteiger partial charge in [-0.25, -0.2) is 5.43 Å². The first-order valence-electron chi connectivity index (χ1n) is 7.83. The second-order valence-corrected chi connectivity index (χ2v) is 5.95. The van der Waals surface area contributed by atoms with Crippen LogP contribution in [0.15, 0.2) is 41.5 Å². The largest absolute Gasteiger partial charge is 0.486 e. The maximum atomic E-state index is 11.8. The van der Waals surface area contributed by atoms with Gasteiger partial charge >= 0.3 is 11.8 Å². The third-order valence-corrected chi connectivity index (χ3v) is 3.80. The lowest BCUT2D eigenvalue weighted by molar-refractivity contribution is -0.136. The smallest absolute Gasteiger partial charge is 0.329 e. The first kappa shape index (κ1) is 17.8. The summed E-state index contributed by atoms with van der Waals surface area (Å²) < 4.78 is 10.9. The molecular weight excluding hydrogens is 358 g/mol. The van der Waals surface area contributed by atoms with E-state index in [1.807, 2.05) is 19.1 Å². The molecule has 0 atom stereocenters. The molecule has 8 heteroatoms.